The van der Waals surface area contributed by atoms with Crippen LogP contribution in [0.4, 0.5) is 0 Å². The van der Waals surface area contributed by atoms with Crippen LogP contribution < -0.4 is 0 Å². The average molecular weight is 409 g/mol. The first-order valence-corrected chi connectivity index (χ1v) is 13.0. The molecule has 4 fully saturated rings. The predicted molar refractivity (Wildman–Crippen MR) is 115 cm³/mol. The molecule has 0 spiro atoms. The second-order valence-corrected chi connectivity index (χ2v) is 9.96. The molecule has 0 heterocycles. The maximum atomic E-state index is 6.42. The lowest BCUT2D eigenvalue weighted by molar-refractivity contribution is -0.207. The van der Waals surface area contributed by atoms with Crippen LogP contribution in [0, 0.1) is 0 Å². The maximum absolute atomic E-state index is 6.42. The molecule has 0 aromatic carbocycles. The van der Waals surface area contributed by atoms with Crippen molar-refractivity contribution in [2.75, 3.05) is 0 Å². The minimum Gasteiger partial charge on any atom is -0.349 e. The second-order valence-electron chi connectivity index (χ2n) is 9.96. The SMILES string of the molecule is C1CCC(OC(CCCC(OC2CCCC2)OC2CCCC2)OC2CCCC2)C1. The standard InChI is InChI=1S/C25H44O4/c1-2-11-20(10-1)26-24(27-21-12-3-4-13-21)18-9-19-25(28-22-14-5-6-15-22)29-23-16-7-8-17-23/h20-25H,1-19H2. The smallest absolute Gasteiger partial charge is 0.158 e. The summed E-state index contributed by atoms with van der Waals surface area (Å²) in [5.41, 5.74) is 0. The van der Waals surface area contributed by atoms with Gasteiger partial charge in [0.25, 0.3) is 0 Å². The van der Waals surface area contributed by atoms with Crippen molar-refractivity contribution in [2.45, 2.75) is 159 Å². The zero-order valence-corrected chi connectivity index (χ0v) is 18.5. The van der Waals surface area contributed by atoms with E-state index in [0.717, 1.165) is 19.3 Å². The van der Waals surface area contributed by atoms with E-state index < -0.39 is 0 Å². The van der Waals surface area contributed by atoms with Gasteiger partial charge in [0.05, 0.1) is 24.4 Å². The minimum atomic E-state index is -0.0280. The monoisotopic (exact) mass is 408 g/mol. The number of ether oxygens (including phenoxy) is 4. The van der Waals surface area contributed by atoms with Crippen LogP contribution in [0.1, 0.15) is 122 Å². The summed E-state index contributed by atoms with van der Waals surface area (Å²) in [7, 11) is 0. The fraction of sp³-hybridized carbons (Fsp3) is 1.00. The van der Waals surface area contributed by atoms with Gasteiger partial charge in [0.2, 0.25) is 0 Å². The Labute approximate surface area is 178 Å². The Morgan fingerprint density at radius 2 is 0.655 bits per heavy atom. The third-order valence-electron chi connectivity index (χ3n) is 7.47. The van der Waals surface area contributed by atoms with E-state index in [-0.39, 0.29) is 12.6 Å². The first-order valence-electron chi connectivity index (χ1n) is 13.0. The van der Waals surface area contributed by atoms with Crippen molar-refractivity contribution in [1.29, 1.82) is 0 Å². The third kappa shape index (κ3) is 7.48. The Balaban J connectivity index is 1.24. The van der Waals surface area contributed by atoms with Crippen LogP contribution in [0.15, 0.2) is 0 Å². The molecule has 0 bridgehead atoms. The first-order chi connectivity index (χ1) is 14.3. The van der Waals surface area contributed by atoms with E-state index >= 15 is 0 Å². The molecule has 4 heteroatoms. The molecular formula is C25H44O4. The molecule has 4 rings (SSSR count). The highest BCUT2D eigenvalue weighted by Crippen LogP contribution is 2.30. The molecule has 4 nitrogen and oxygen atoms in total. The molecule has 0 aromatic heterocycles. The van der Waals surface area contributed by atoms with Gasteiger partial charge in [0, 0.05) is 0 Å². The Bertz CT molecular complexity index is 356. The number of rotatable bonds is 12. The highest BCUT2D eigenvalue weighted by atomic mass is 16.7. The Hall–Kier alpha value is -0.160. The van der Waals surface area contributed by atoms with E-state index in [1.54, 1.807) is 0 Å². The van der Waals surface area contributed by atoms with E-state index in [9.17, 15) is 0 Å². The fourth-order valence-electron chi connectivity index (χ4n) is 5.74. The highest BCUT2D eigenvalue weighted by molar-refractivity contribution is 4.73. The topological polar surface area (TPSA) is 36.9 Å². The van der Waals surface area contributed by atoms with Crippen LogP contribution in [0.2, 0.25) is 0 Å². The lowest BCUT2D eigenvalue weighted by Crippen LogP contribution is -2.29. The molecule has 0 unspecified atom stereocenters. The van der Waals surface area contributed by atoms with E-state index in [2.05, 4.69) is 0 Å². The van der Waals surface area contributed by atoms with Crippen LogP contribution in [-0.2, 0) is 18.9 Å². The van der Waals surface area contributed by atoms with Crippen molar-refractivity contribution in [3.05, 3.63) is 0 Å². The lowest BCUT2D eigenvalue weighted by Gasteiger charge is -2.28. The molecular weight excluding hydrogens is 364 g/mol. The van der Waals surface area contributed by atoms with Crippen molar-refractivity contribution in [3.63, 3.8) is 0 Å². The van der Waals surface area contributed by atoms with Crippen molar-refractivity contribution in [2.24, 2.45) is 0 Å². The van der Waals surface area contributed by atoms with E-state index in [1.165, 1.54) is 103 Å². The fourth-order valence-corrected chi connectivity index (χ4v) is 5.74. The van der Waals surface area contributed by atoms with E-state index in [1.807, 2.05) is 0 Å². The molecule has 0 atom stereocenters. The van der Waals surface area contributed by atoms with Gasteiger partial charge in [-0.2, -0.15) is 0 Å². The van der Waals surface area contributed by atoms with Crippen LogP contribution in [0.25, 0.3) is 0 Å². The largest absolute Gasteiger partial charge is 0.349 e. The predicted octanol–water partition coefficient (Wildman–Crippen LogP) is 6.65. The summed E-state index contributed by atoms with van der Waals surface area (Å²) in [6, 6.07) is 0. The summed E-state index contributed by atoms with van der Waals surface area (Å²) in [6.07, 6.45) is 24.8. The zero-order chi connectivity index (χ0) is 19.7. The molecule has 4 aliphatic rings. The van der Waals surface area contributed by atoms with Crippen LogP contribution >= 0.6 is 0 Å². The quantitative estimate of drug-likeness (QED) is 0.339. The van der Waals surface area contributed by atoms with Crippen molar-refractivity contribution in [1.82, 2.24) is 0 Å². The zero-order valence-electron chi connectivity index (χ0n) is 18.5. The van der Waals surface area contributed by atoms with Crippen molar-refractivity contribution in [3.8, 4) is 0 Å². The molecule has 0 radical (unpaired) electrons. The Morgan fingerprint density at radius 1 is 0.414 bits per heavy atom. The van der Waals surface area contributed by atoms with Gasteiger partial charge in [0.1, 0.15) is 0 Å². The molecule has 168 valence electrons. The first kappa shape index (κ1) is 22.0. The summed E-state index contributed by atoms with van der Waals surface area (Å²) < 4.78 is 25.7. The van der Waals surface area contributed by atoms with Gasteiger partial charge in [-0.25, -0.2) is 0 Å². The Morgan fingerprint density at radius 3 is 0.897 bits per heavy atom. The van der Waals surface area contributed by atoms with Gasteiger partial charge in [-0.1, -0.05) is 51.4 Å². The summed E-state index contributed by atoms with van der Waals surface area (Å²) in [5.74, 6) is 0. The second kappa shape index (κ2) is 12.0. The molecule has 4 aliphatic carbocycles. The molecule has 0 amide bonds. The van der Waals surface area contributed by atoms with Gasteiger partial charge in [0.15, 0.2) is 12.6 Å². The van der Waals surface area contributed by atoms with E-state index in [0.29, 0.717) is 24.4 Å². The van der Waals surface area contributed by atoms with Crippen LogP contribution in [-0.4, -0.2) is 37.0 Å². The highest BCUT2D eigenvalue weighted by Gasteiger charge is 2.28. The van der Waals surface area contributed by atoms with Gasteiger partial charge < -0.3 is 18.9 Å². The van der Waals surface area contributed by atoms with Crippen LogP contribution in [0.5, 0.6) is 0 Å². The van der Waals surface area contributed by atoms with Gasteiger partial charge in [-0.05, 0) is 70.6 Å². The number of hydrogen-bond donors (Lipinski definition) is 0. The molecule has 4 saturated carbocycles. The summed E-state index contributed by atoms with van der Waals surface area (Å²) in [6.45, 7) is 0. The van der Waals surface area contributed by atoms with E-state index in [4.69, 9.17) is 18.9 Å². The summed E-state index contributed by atoms with van der Waals surface area (Å²) in [4.78, 5) is 0. The Kier molecular flexibility index (Phi) is 9.14. The normalized spacial score (nSPS) is 25.4. The van der Waals surface area contributed by atoms with Gasteiger partial charge in [-0.15, -0.1) is 0 Å². The van der Waals surface area contributed by atoms with Gasteiger partial charge in [-0.3, -0.25) is 0 Å². The minimum absolute atomic E-state index is 0.0280. The summed E-state index contributed by atoms with van der Waals surface area (Å²) >= 11 is 0. The lowest BCUT2D eigenvalue weighted by atomic mass is 10.2. The van der Waals surface area contributed by atoms with Crippen LogP contribution in [0.3, 0.4) is 0 Å². The molecule has 0 aliphatic heterocycles. The number of hydrogen-bond acceptors (Lipinski definition) is 4. The average Bonchev–Trinajstić information content (AvgIpc) is 3.51. The molecule has 0 aromatic rings. The van der Waals surface area contributed by atoms with Crippen molar-refractivity contribution >= 4 is 0 Å². The van der Waals surface area contributed by atoms with Crippen molar-refractivity contribution < 1.29 is 18.9 Å². The molecule has 0 N–H and O–H groups in total. The van der Waals surface area contributed by atoms with Gasteiger partial charge >= 0.3 is 0 Å². The molecule has 29 heavy (non-hydrogen) atoms. The molecule has 0 saturated heterocycles. The third-order valence-corrected chi connectivity index (χ3v) is 7.47. The summed E-state index contributed by atoms with van der Waals surface area (Å²) in [5, 5.41) is 0. The maximum Gasteiger partial charge on any atom is 0.158 e.